The first-order chi connectivity index (χ1) is 10.0. The van der Waals surface area contributed by atoms with Gasteiger partial charge in [-0.15, -0.1) is 0 Å². The number of rotatable bonds is 6. The Labute approximate surface area is 128 Å². The molecule has 0 saturated heterocycles. The summed E-state index contributed by atoms with van der Waals surface area (Å²) in [6, 6.07) is 11.1. The SMILES string of the molecule is CCCC(NCc1cnn(C(C)(C)C)c1)c1ccccc1. The van der Waals surface area contributed by atoms with Crippen LogP contribution in [0.3, 0.4) is 0 Å². The Morgan fingerprint density at radius 2 is 1.90 bits per heavy atom. The van der Waals surface area contributed by atoms with E-state index in [1.54, 1.807) is 0 Å². The van der Waals surface area contributed by atoms with Gasteiger partial charge in [-0.25, -0.2) is 0 Å². The molecule has 1 N–H and O–H groups in total. The van der Waals surface area contributed by atoms with Gasteiger partial charge in [0.2, 0.25) is 0 Å². The van der Waals surface area contributed by atoms with Crippen molar-refractivity contribution in [3.05, 3.63) is 53.9 Å². The predicted molar refractivity (Wildman–Crippen MR) is 88.2 cm³/mol. The molecule has 2 rings (SSSR count). The lowest BCUT2D eigenvalue weighted by Crippen LogP contribution is -2.22. The van der Waals surface area contributed by atoms with E-state index in [0.717, 1.165) is 13.0 Å². The maximum atomic E-state index is 4.46. The van der Waals surface area contributed by atoms with Crippen molar-refractivity contribution in [3.63, 3.8) is 0 Å². The van der Waals surface area contributed by atoms with Crippen LogP contribution in [-0.2, 0) is 12.1 Å². The molecule has 2 aromatic rings. The number of nitrogens with one attached hydrogen (secondary N) is 1. The van der Waals surface area contributed by atoms with Gasteiger partial charge in [0.25, 0.3) is 0 Å². The zero-order valence-corrected chi connectivity index (χ0v) is 13.6. The summed E-state index contributed by atoms with van der Waals surface area (Å²) < 4.78 is 2.03. The van der Waals surface area contributed by atoms with Crippen LogP contribution >= 0.6 is 0 Å². The average molecular weight is 285 g/mol. The fourth-order valence-electron chi connectivity index (χ4n) is 2.42. The molecule has 0 saturated carbocycles. The monoisotopic (exact) mass is 285 g/mol. The smallest absolute Gasteiger partial charge is 0.0543 e. The molecule has 0 amide bonds. The molecule has 21 heavy (non-hydrogen) atoms. The van der Waals surface area contributed by atoms with Crippen LogP contribution in [0.4, 0.5) is 0 Å². The summed E-state index contributed by atoms with van der Waals surface area (Å²) in [7, 11) is 0. The van der Waals surface area contributed by atoms with Crippen LogP contribution in [0.2, 0.25) is 0 Å². The van der Waals surface area contributed by atoms with Gasteiger partial charge in [-0.2, -0.15) is 5.10 Å². The van der Waals surface area contributed by atoms with Gasteiger partial charge in [0, 0.05) is 24.3 Å². The van der Waals surface area contributed by atoms with Crippen LogP contribution < -0.4 is 5.32 Å². The maximum absolute atomic E-state index is 4.46. The summed E-state index contributed by atoms with van der Waals surface area (Å²) in [6.07, 6.45) is 6.43. The van der Waals surface area contributed by atoms with Crippen LogP contribution in [0.15, 0.2) is 42.7 Å². The van der Waals surface area contributed by atoms with E-state index >= 15 is 0 Å². The second kappa shape index (κ2) is 6.90. The van der Waals surface area contributed by atoms with Crippen molar-refractivity contribution in [1.82, 2.24) is 15.1 Å². The molecule has 1 atom stereocenters. The zero-order chi connectivity index (χ0) is 15.3. The zero-order valence-electron chi connectivity index (χ0n) is 13.6. The Hall–Kier alpha value is -1.61. The lowest BCUT2D eigenvalue weighted by Gasteiger charge is -2.19. The molecular formula is C18H27N3. The van der Waals surface area contributed by atoms with Crippen molar-refractivity contribution >= 4 is 0 Å². The Morgan fingerprint density at radius 3 is 2.48 bits per heavy atom. The van der Waals surface area contributed by atoms with E-state index in [0.29, 0.717) is 6.04 Å². The van der Waals surface area contributed by atoms with Gasteiger partial charge >= 0.3 is 0 Å². The highest BCUT2D eigenvalue weighted by Crippen LogP contribution is 2.19. The molecule has 0 aliphatic heterocycles. The third kappa shape index (κ3) is 4.43. The second-order valence-electron chi connectivity index (χ2n) is 6.60. The van der Waals surface area contributed by atoms with E-state index in [1.807, 2.05) is 10.9 Å². The van der Waals surface area contributed by atoms with Gasteiger partial charge in [0.05, 0.1) is 11.7 Å². The van der Waals surface area contributed by atoms with E-state index in [-0.39, 0.29) is 5.54 Å². The molecule has 0 fully saturated rings. The topological polar surface area (TPSA) is 29.9 Å². The van der Waals surface area contributed by atoms with Crippen LogP contribution in [0.5, 0.6) is 0 Å². The van der Waals surface area contributed by atoms with E-state index in [4.69, 9.17) is 0 Å². The molecule has 0 bridgehead atoms. The quantitative estimate of drug-likeness (QED) is 0.859. The molecule has 1 aromatic carbocycles. The highest BCUT2D eigenvalue weighted by molar-refractivity contribution is 5.19. The molecular weight excluding hydrogens is 258 g/mol. The van der Waals surface area contributed by atoms with E-state index in [9.17, 15) is 0 Å². The Kier molecular flexibility index (Phi) is 5.18. The highest BCUT2D eigenvalue weighted by atomic mass is 15.3. The summed E-state index contributed by atoms with van der Waals surface area (Å²) in [5.74, 6) is 0. The predicted octanol–water partition coefficient (Wildman–Crippen LogP) is 4.27. The minimum Gasteiger partial charge on any atom is -0.306 e. The van der Waals surface area contributed by atoms with Crippen LogP contribution in [0.25, 0.3) is 0 Å². The van der Waals surface area contributed by atoms with E-state index < -0.39 is 0 Å². The van der Waals surface area contributed by atoms with Crippen molar-refractivity contribution in [1.29, 1.82) is 0 Å². The number of nitrogens with zero attached hydrogens (tertiary/aromatic N) is 2. The summed E-state index contributed by atoms with van der Waals surface area (Å²) in [5, 5.41) is 8.13. The standard InChI is InChI=1S/C18H27N3/c1-5-9-17(16-10-7-6-8-11-16)19-12-15-13-20-21(14-15)18(2,3)4/h6-8,10-11,13-14,17,19H,5,9,12H2,1-4H3. The van der Waals surface area contributed by atoms with Crippen molar-refractivity contribution in [2.45, 2.75) is 58.7 Å². The first-order valence-corrected chi connectivity index (χ1v) is 7.83. The normalized spacial score (nSPS) is 13.3. The van der Waals surface area contributed by atoms with Gasteiger partial charge < -0.3 is 5.32 Å². The van der Waals surface area contributed by atoms with Crippen molar-refractivity contribution in [2.24, 2.45) is 0 Å². The second-order valence-corrected chi connectivity index (χ2v) is 6.60. The fourth-order valence-corrected chi connectivity index (χ4v) is 2.42. The number of hydrogen-bond acceptors (Lipinski definition) is 2. The molecule has 0 aliphatic carbocycles. The van der Waals surface area contributed by atoms with Crippen LogP contribution in [0.1, 0.15) is 57.7 Å². The minimum atomic E-state index is 0.0422. The Bertz CT molecular complexity index is 537. The van der Waals surface area contributed by atoms with Gasteiger partial charge in [0.1, 0.15) is 0 Å². The van der Waals surface area contributed by atoms with Gasteiger partial charge in [-0.3, -0.25) is 4.68 Å². The Balaban J connectivity index is 2.01. The third-order valence-corrected chi connectivity index (χ3v) is 3.66. The first kappa shape index (κ1) is 15.8. The average Bonchev–Trinajstić information content (AvgIpc) is 2.93. The van der Waals surface area contributed by atoms with E-state index in [2.05, 4.69) is 74.6 Å². The van der Waals surface area contributed by atoms with Crippen molar-refractivity contribution in [2.75, 3.05) is 0 Å². The molecule has 0 radical (unpaired) electrons. The fraction of sp³-hybridized carbons (Fsp3) is 0.500. The van der Waals surface area contributed by atoms with Crippen molar-refractivity contribution < 1.29 is 0 Å². The minimum absolute atomic E-state index is 0.0422. The summed E-state index contributed by atoms with van der Waals surface area (Å²) in [4.78, 5) is 0. The molecule has 0 spiro atoms. The lowest BCUT2D eigenvalue weighted by molar-refractivity contribution is 0.355. The highest BCUT2D eigenvalue weighted by Gasteiger charge is 2.15. The molecule has 1 unspecified atom stereocenters. The van der Waals surface area contributed by atoms with Crippen LogP contribution in [-0.4, -0.2) is 9.78 Å². The molecule has 0 aliphatic rings. The summed E-state index contributed by atoms with van der Waals surface area (Å²) in [6.45, 7) is 9.59. The number of aromatic nitrogens is 2. The third-order valence-electron chi connectivity index (χ3n) is 3.66. The lowest BCUT2D eigenvalue weighted by atomic mass is 10.0. The molecule has 1 aromatic heterocycles. The number of benzene rings is 1. The van der Waals surface area contributed by atoms with Crippen molar-refractivity contribution in [3.8, 4) is 0 Å². The Morgan fingerprint density at radius 1 is 1.19 bits per heavy atom. The van der Waals surface area contributed by atoms with Crippen LogP contribution in [0, 0.1) is 0 Å². The summed E-state index contributed by atoms with van der Waals surface area (Å²) in [5.41, 5.74) is 2.64. The largest absolute Gasteiger partial charge is 0.306 e. The van der Waals surface area contributed by atoms with Gasteiger partial charge in [-0.05, 0) is 32.8 Å². The molecule has 3 nitrogen and oxygen atoms in total. The molecule has 1 heterocycles. The van der Waals surface area contributed by atoms with E-state index in [1.165, 1.54) is 17.5 Å². The number of hydrogen-bond donors (Lipinski definition) is 1. The van der Waals surface area contributed by atoms with Gasteiger partial charge in [-0.1, -0.05) is 43.7 Å². The molecule has 3 heteroatoms. The summed E-state index contributed by atoms with van der Waals surface area (Å²) >= 11 is 0. The molecule has 114 valence electrons. The first-order valence-electron chi connectivity index (χ1n) is 7.83. The van der Waals surface area contributed by atoms with Gasteiger partial charge in [0.15, 0.2) is 0 Å². The maximum Gasteiger partial charge on any atom is 0.0543 e.